The van der Waals surface area contributed by atoms with Crippen molar-refractivity contribution in [3.63, 3.8) is 0 Å². The largest absolute Gasteiger partial charge is 0.481 e. The number of unbranched alkanes of at least 4 members (excludes halogenated alkanes) is 1. The fourth-order valence-corrected chi connectivity index (χ4v) is 3.32. The van der Waals surface area contributed by atoms with Gasteiger partial charge in [0, 0.05) is 6.42 Å². The van der Waals surface area contributed by atoms with E-state index < -0.39 is 72.6 Å². The highest BCUT2D eigenvalue weighted by molar-refractivity contribution is 5.96. The second-order valence-electron chi connectivity index (χ2n) is 8.37. The molecular weight excluding hydrogens is 488 g/mol. The number of carboxylic acid groups (broad SMARTS) is 2. The van der Waals surface area contributed by atoms with E-state index in [0.717, 1.165) is 0 Å². The molecule has 4 atom stereocenters. The summed E-state index contributed by atoms with van der Waals surface area (Å²) in [4.78, 5) is 72.3. The molecule has 4 unspecified atom stereocenters. The van der Waals surface area contributed by atoms with Gasteiger partial charge in [0.15, 0.2) is 0 Å². The summed E-state index contributed by atoms with van der Waals surface area (Å²) < 4.78 is 0. The molecule has 11 N–H and O–H groups in total. The molecule has 0 fully saturated rings. The summed E-state index contributed by atoms with van der Waals surface area (Å²) in [6.45, 7) is 0.339. The van der Waals surface area contributed by atoms with Crippen LogP contribution in [0, 0.1) is 0 Å². The lowest BCUT2D eigenvalue weighted by Crippen LogP contribution is -2.58. The van der Waals surface area contributed by atoms with Crippen molar-refractivity contribution in [3.05, 3.63) is 35.9 Å². The molecule has 0 bridgehead atoms. The summed E-state index contributed by atoms with van der Waals surface area (Å²) in [5, 5.41) is 25.3. The van der Waals surface area contributed by atoms with Gasteiger partial charge < -0.3 is 43.4 Å². The van der Waals surface area contributed by atoms with Gasteiger partial charge in [-0.3, -0.25) is 24.0 Å². The number of carbonyl (C=O) groups is 6. The molecule has 1 aromatic carbocycles. The number of hydrogen-bond donors (Lipinski definition) is 8. The Kier molecular flexibility index (Phi) is 13.3. The fraction of sp³-hybridized carbons (Fsp3) is 0.478. The molecule has 4 amide bonds. The lowest BCUT2D eigenvalue weighted by atomic mass is 10.0. The first-order valence-electron chi connectivity index (χ1n) is 11.6. The van der Waals surface area contributed by atoms with Gasteiger partial charge in [-0.1, -0.05) is 30.3 Å². The van der Waals surface area contributed by atoms with Crippen molar-refractivity contribution in [2.75, 3.05) is 6.54 Å². The van der Waals surface area contributed by atoms with Crippen molar-refractivity contribution in [3.8, 4) is 0 Å². The summed E-state index contributed by atoms with van der Waals surface area (Å²) in [6, 6.07) is 2.90. The van der Waals surface area contributed by atoms with Crippen LogP contribution >= 0.6 is 0 Å². The average Bonchev–Trinajstić information content (AvgIpc) is 2.82. The maximum atomic E-state index is 13.1. The van der Waals surface area contributed by atoms with Gasteiger partial charge in [0.2, 0.25) is 23.6 Å². The topological polar surface area (TPSA) is 257 Å². The first-order valence-corrected chi connectivity index (χ1v) is 11.6. The molecule has 0 aliphatic rings. The van der Waals surface area contributed by atoms with E-state index in [1.54, 1.807) is 30.3 Å². The molecule has 0 aliphatic carbocycles. The van der Waals surface area contributed by atoms with Crippen LogP contribution in [0.1, 0.15) is 37.7 Å². The zero-order valence-electron chi connectivity index (χ0n) is 20.2. The van der Waals surface area contributed by atoms with Gasteiger partial charge >= 0.3 is 11.9 Å². The molecule has 1 rings (SSSR count). The number of aliphatic carboxylic acids is 2. The monoisotopic (exact) mass is 522 g/mol. The van der Waals surface area contributed by atoms with Crippen molar-refractivity contribution in [2.45, 2.75) is 62.7 Å². The lowest BCUT2D eigenvalue weighted by molar-refractivity contribution is -0.142. The molecule has 0 heterocycles. The minimum atomic E-state index is -1.54. The smallest absolute Gasteiger partial charge is 0.326 e. The summed E-state index contributed by atoms with van der Waals surface area (Å²) in [6.07, 6.45) is -0.353. The summed E-state index contributed by atoms with van der Waals surface area (Å²) in [7, 11) is 0. The van der Waals surface area contributed by atoms with Crippen LogP contribution in [0.4, 0.5) is 0 Å². The quantitative estimate of drug-likeness (QED) is 0.100. The minimum absolute atomic E-state index is 0.0556. The van der Waals surface area contributed by atoms with Gasteiger partial charge in [0.1, 0.15) is 18.1 Å². The number of nitrogens with one attached hydrogen (secondary N) is 3. The van der Waals surface area contributed by atoms with E-state index in [-0.39, 0.29) is 12.8 Å². The molecule has 0 radical (unpaired) electrons. The Labute approximate surface area is 213 Å². The van der Waals surface area contributed by atoms with Crippen molar-refractivity contribution in [1.29, 1.82) is 0 Å². The molecular formula is C23H34N6O8. The third-order valence-electron chi connectivity index (χ3n) is 5.25. The zero-order valence-corrected chi connectivity index (χ0v) is 20.2. The predicted octanol–water partition coefficient (Wildman–Crippen LogP) is -2.43. The second kappa shape index (κ2) is 15.9. The molecule has 1 aromatic rings. The average molecular weight is 523 g/mol. The molecule has 0 saturated heterocycles. The molecule has 204 valence electrons. The Bertz CT molecular complexity index is 958. The number of carboxylic acids is 2. The maximum absolute atomic E-state index is 13.1. The van der Waals surface area contributed by atoms with E-state index in [2.05, 4.69) is 16.0 Å². The van der Waals surface area contributed by atoms with Crippen molar-refractivity contribution < 1.29 is 39.0 Å². The van der Waals surface area contributed by atoms with Crippen LogP contribution in [0.25, 0.3) is 0 Å². The van der Waals surface area contributed by atoms with Gasteiger partial charge in [0.05, 0.1) is 18.9 Å². The summed E-state index contributed by atoms with van der Waals surface area (Å²) >= 11 is 0. The number of benzene rings is 1. The number of hydrogen-bond acceptors (Lipinski definition) is 8. The summed E-state index contributed by atoms with van der Waals surface area (Å²) in [5.74, 6) is -6.33. The first kappa shape index (κ1) is 31.0. The molecule has 0 aliphatic heterocycles. The van der Waals surface area contributed by atoms with Crippen LogP contribution in [0.2, 0.25) is 0 Å². The van der Waals surface area contributed by atoms with Crippen LogP contribution in [0.5, 0.6) is 0 Å². The molecule has 0 spiro atoms. The van der Waals surface area contributed by atoms with E-state index in [9.17, 15) is 33.9 Å². The Hall–Kier alpha value is -4.04. The normalized spacial score (nSPS) is 13.9. The number of rotatable bonds is 17. The van der Waals surface area contributed by atoms with E-state index in [1.807, 2.05) is 0 Å². The third-order valence-corrected chi connectivity index (χ3v) is 5.25. The van der Waals surface area contributed by atoms with Gasteiger partial charge in [-0.15, -0.1) is 0 Å². The minimum Gasteiger partial charge on any atom is -0.481 e. The van der Waals surface area contributed by atoms with Gasteiger partial charge in [-0.25, -0.2) is 4.79 Å². The van der Waals surface area contributed by atoms with Gasteiger partial charge in [-0.05, 0) is 31.4 Å². The van der Waals surface area contributed by atoms with Crippen LogP contribution < -0.4 is 33.2 Å². The van der Waals surface area contributed by atoms with E-state index >= 15 is 0 Å². The molecule has 37 heavy (non-hydrogen) atoms. The molecule has 14 heteroatoms. The SMILES string of the molecule is NCCCCC(NC(=O)C(CC(N)=O)NC(=O)C(Cc1ccccc1)NC(=O)C(N)CC(=O)O)C(=O)O. The van der Waals surface area contributed by atoms with E-state index in [1.165, 1.54) is 0 Å². The molecule has 0 saturated carbocycles. The van der Waals surface area contributed by atoms with Crippen molar-refractivity contribution in [2.24, 2.45) is 17.2 Å². The van der Waals surface area contributed by atoms with Crippen LogP contribution in [-0.2, 0) is 35.2 Å². The number of amides is 4. The number of nitrogens with two attached hydrogens (primary N) is 3. The lowest BCUT2D eigenvalue weighted by Gasteiger charge is -2.25. The number of primary amides is 1. The highest BCUT2D eigenvalue weighted by Crippen LogP contribution is 2.07. The first-order chi connectivity index (χ1) is 17.4. The summed E-state index contributed by atoms with van der Waals surface area (Å²) in [5.41, 5.74) is 16.8. The van der Waals surface area contributed by atoms with Crippen LogP contribution in [0.3, 0.4) is 0 Å². The predicted molar refractivity (Wildman–Crippen MR) is 131 cm³/mol. The van der Waals surface area contributed by atoms with E-state index in [4.69, 9.17) is 22.3 Å². The Morgan fingerprint density at radius 1 is 0.784 bits per heavy atom. The van der Waals surface area contributed by atoms with Crippen molar-refractivity contribution >= 4 is 35.6 Å². The number of carbonyl (C=O) groups excluding carboxylic acids is 4. The molecule has 14 nitrogen and oxygen atoms in total. The highest BCUT2D eigenvalue weighted by atomic mass is 16.4. The van der Waals surface area contributed by atoms with E-state index in [0.29, 0.717) is 24.9 Å². The Balaban J connectivity index is 3.08. The zero-order chi connectivity index (χ0) is 28.0. The standard InChI is InChI=1S/C23H34N6O8/c24-9-5-4-8-15(23(36)37)27-22(35)17(12-18(26)30)29-21(34)16(10-13-6-2-1-3-7-13)28-20(33)14(25)11-19(31)32/h1-3,6-7,14-17H,4-5,8-12,24-25H2,(H2,26,30)(H,27,35)(H,28,33)(H,29,34)(H,31,32)(H,36,37). The van der Waals surface area contributed by atoms with Gasteiger partial charge in [-0.2, -0.15) is 0 Å². The molecule has 0 aromatic heterocycles. The Morgan fingerprint density at radius 2 is 1.35 bits per heavy atom. The second-order valence-corrected chi connectivity index (χ2v) is 8.37. The van der Waals surface area contributed by atoms with Crippen molar-refractivity contribution in [1.82, 2.24) is 16.0 Å². The third kappa shape index (κ3) is 12.0. The van der Waals surface area contributed by atoms with Crippen LogP contribution in [-0.4, -0.2) is 76.5 Å². The maximum Gasteiger partial charge on any atom is 0.326 e. The fourth-order valence-electron chi connectivity index (χ4n) is 3.32. The highest BCUT2D eigenvalue weighted by Gasteiger charge is 2.31. The van der Waals surface area contributed by atoms with Gasteiger partial charge in [0.25, 0.3) is 0 Å². The Morgan fingerprint density at radius 3 is 1.89 bits per heavy atom. The van der Waals surface area contributed by atoms with Crippen LogP contribution in [0.15, 0.2) is 30.3 Å².